The Balaban J connectivity index is 2.75. The van der Waals surface area contributed by atoms with Gasteiger partial charge in [-0.3, -0.25) is 0 Å². The highest BCUT2D eigenvalue weighted by Gasteiger charge is 2.31. The first-order valence-corrected chi connectivity index (χ1v) is 5.21. The number of nitrogens with two attached hydrogens (primary N) is 1. The van der Waals surface area contributed by atoms with Crippen LogP contribution in [-0.4, -0.2) is 20.0 Å². The number of alkyl halides is 3. The zero-order chi connectivity index (χ0) is 13.6. The second-order valence-corrected chi connectivity index (χ2v) is 3.46. The van der Waals surface area contributed by atoms with Crippen LogP contribution in [0.4, 0.5) is 18.9 Å². The van der Waals surface area contributed by atoms with Gasteiger partial charge in [0.2, 0.25) is 0 Å². The van der Waals surface area contributed by atoms with E-state index in [1.54, 1.807) is 0 Å². The van der Waals surface area contributed by atoms with E-state index in [4.69, 9.17) is 5.73 Å². The zero-order valence-corrected chi connectivity index (χ0v) is 9.77. The van der Waals surface area contributed by atoms with Gasteiger partial charge in [0.25, 0.3) is 0 Å². The van der Waals surface area contributed by atoms with Gasteiger partial charge in [0.05, 0.1) is 5.69 Å². The normalized spacial score (nSPS) is 10.7. The lowest BCUT2D eigenvalue weighted by molar-refractivity contribution is -0.274. The first-order valence-electron chi connectivity index (χ1n) is 5.21. The lowest BCUT2D eigenvalue weighted by Crippen LogP contribution is -2.18. The van der Waals surface area contributed by atoms with Gasteiger partial charge in [0.15, 0.2) is 5.75 Å². The zero-order valence-electron chi connectivity index (χ0n) is 9.77. The third-order valence-corrected chi connectivity index (χ3v) is 1.97. The van der Waals surface area contributed by atoms with Crippen LogP contribution in [0, 0.1) is 11.8 Å². The molecule has 98 valence electrons. The number of hydrogen-bond acceptors (Lipinski definition) is 3. The Bertz CT molecular complexity index is 461. The molecule has 0 heterocycles. The molecule has 0 aliphatic carbocycles. The summed E-state index contributed by atoms with van der Waals surface area (Å²) in [7, 11) is 1.81. The maximum Gasteiger partial charge on any atom is 0.573 e. The minimum atomic E-state index is -4.74. The van der Waals surface area contributed by atoms with Crippen LogP contribution in [0.15, 0.2) is 18.2 Å². The number of nitrogens with one attached hydrogen (secondary N) is 1. The fraction of sp³-hybridized carbons (Fsp3) is 0.333. The molecular weight excluding hydrogens is 245 g/mol. The molecule has 0 spiro atoms. The molecule has 1 rings (SSSR count). The average Bonchev–Trinajstić information content (AvgIpc) is 2.26. The van der Waals surface area contributed by atoms with E-state index >= 15 is 0 Å². The molecule has 1 aromatic rings. The molecule has 0 fully saturated rings. The third-order valence-electron chi connectivity index (χ3n) is 1.97. The van der Waals surface area contributed by atoms with Crippen LogP contribution in [0.2, 0.25) is 0 Å². The van der Waals surface area contributed by atoms with E-state index in [9.17, 15) is 13.2 Å². The third kappa shape index (κ3) is 4.97. The van der Waals surface area contributed by atoms with Crippen molar-refractivity contribution in [2.45, 2.75) is 12.8 Å². The lowest BCUT2D eigenvalue weighted by Gasteiger charge is -2.10. The summed E-state index contributed by atoms with van der Waals surface area (Å²) in [6.07, 6.45) is -4.09. The van der Waals surface area contributed by atoms with Gasteiger partial charge in [-0.2, -0.15) is 0 Å². The summed E-state index contributed by atoms with van der Waals surface area (Å²) < 4.78 is 39.7. The Hall–Kier alpha value is -1.87. The van der Waals surface area contributed by atoms with Gasteiger partial charge in [-0.25, -0.2) is 0 Å². The fourth-order valence-corrected chi connectivity index (χ4v) is 1.20. The number of ether oxygens (including phenoxy) is 1. The monoisotopic (exact) mass is 258 g/mol. The molecule has 0 aliphatic heterocycles. The van der Waals surface area contributed by atoms with Crippen molar-refractivity contribution in [3.05, 3.63) is 23.8 Å². The summed E-state index contributed by atoms with van der Waals surface area (Å²) in [5.41, 5.74) is 5.92. The van der Waals surface area contributed by atoms with Crippen molar-refractivity contribution in [1.82, 2.24) is 5.32 Å². The second-order valence-electron chi connectivity index (χ2n) is 3.46. The topological polar surface area (TPSA) is 47.3 Å². The van der Waals surface area contributed by atoms with E-state index in [-0.39, 0.29) is 5.69 Å². The maximum absolute atomic E-state index is 12.0. The number of nitrogen functional groups attached to an aromatic ring is 1. The first kappa shape index (κ1) is 14.2. The van der Waals surface area contributed by atoms with Crippen LogP contribution in [0.25, 0.3) is 0 Å². The highest BCUT2D eigenvalue weighted by Crippen LogP contribution is 2.28. The highest BCUT2D eigenvalue weighted by molar-refractivity contribution is 5.57. The van der Waals surface area contributed by atoms with Crippen molar-refractivity contribution in [2.75, 3.05) is 19.3 Å². The van der Waals surface area contributed by atoms with E-state index < -0.39 is 12.1 Å². The van der Waals surface area contributed by atoms with Crippen LogP contribution in [-0.2, 0) is 0 Å². The Labute approximate surface area is 103 Å². The quantitative estimate of drug-likeness (QED) is 0.496. The Kier molecular flexibility index (Phi) is 4.86. The van der Waals surface area contributed by atoms with E-state index in [2.05, 4.69) is 21.9 Å². The maximum atomic E-state index is 12.0. The molecule has 18 heavy (non-hydrogen) atoms. The summed E-state index contributed by atoms with van der Waals surface area (Å²) in [6, 6.07) is 3.95. The number of halogens is 3. The van der Waals surface area contributed by atoms with Crippen molar-refractivity contribution >= 4 is 5.69 Å². The molecule has 3 nitrogen and oxygen atoms in total. The predicted molar refractivity (Wildman–Crippen MR) is 63.0 cm³/mol. The molecule has 0 bridgehead atoms. The smallest absolute Gasteiger partial charge is 0.404 e. The molecular formula is C12H13F3N2O. The molecule has 0 aliphatic rings. The summed E-state index contributed by atoms with van der Waals surface area (Å²) in [6.45, 7) is 0.748. The SMILES string of the molecule is CNCCC#Cc1ccc(OC(F)(F)F)c(N)c1. The van der Waals surface area contributed by atoms with Gasteiger partial charge in [-0.1, -0.05) is 11.8 Å². The Morgan fingerprint density at radius 1 is 1.39 bits per heavy atom. The van der Waals surface area contributed by atoms with Gasteiger partial charge >= 0.3 is 6.36 Å². The molecule has 3 N–H and O–H groups in total. The fourth-order valence-electron chi connectivity index (χ4n) is 1.20. The highest BCUT2D eigenvalue weighted by atomic mass is 19.4. The van der Waals surface area contributed by atoms with Gasteiger partial charge < -0.3 is 15.8 Å². The van der Waals surface area contributed by atoms with E-state index in [0.29, 0.717) is 12.0 Å². The molecule has 0 saturated heterocycles. The summed E-state index contributed by atoms with van der Waals surface area (Å²) in [5, 5.41) is 2.93. The first-order chi connectivity index (χ1) is 8.42. The van der Waals surface area contributed by atoms with Gasteiger partial charge in [0.1, 0.15) is 0 Å². The molecule has 0 unspecified atom stereocenters. The minimum absolute atomic E-state index is 0.0901. The number of anilines is 1. The number of hydrogen-bond donors (Lipinski definition) is 2. The molecule has 1 aromatic carbocycles. The van der Waals surface area contributed by atoms with Crippen LogP contribution in [0.1, 0.15) is 12.0 Å². The van der Waals surface area contributed by atoms with Gasteiger partial charge in [-0.05, 0) is 25.2 Å². The number of rotatable bonds is 3. The molecule has 0 amide bonds. The summed E-state index contributed by atoms with van der Waals surface area (Å²) in [4.78, 5) is 0. The molecule has 0 radical (unpaired) electrons. The minimum Gasteiger partial charge on any atom is -0.404 e. The van der Waals surface area contributed by atoms with Crippen molar-refractivity contribution in [3.8, 4) is 17.6 Å². The molecule has 0 saturated carbocycles. The molecule has 6 heteroatoms. The second kappa shape index (κ2) is 6.17. The van der Waals surface area contributed by atoms with Crippen molar-refractivity contribution < 1.29 is 17.9 Å². The number of benzene rings is 1. The van der Waals surface area contributed by atoms with Crippen LogP contribution >= 0.6 is 0 Å². The predicted octanol–water partition coefficient (Wildman–Crippen LogP) is 2.13. The van der Waals surface area contributed by atoms with Crippen LogP contribution < -0.4 is 15.8 Å². The van der Waals surface area contributed by atoms with Crippen molar-refractivity contribution in [2.24, 2.45) is 0 Å². The Morgan fingerprint density at radius 2 is 2.11 bits per heavy atom. The lowest BCUT2D eigenvalue weighted by atomic mass is 10.2. The van der Waals surface area contributed by atoms with Crippen LogP contribution in [0.5, 0.6) is 5.75 Å². The standard InChI is InChI=1S/C12H13F3N2O/c1-17-7-3-2-4-9-5-6-11(10(16)8-9)18-12(13,14)15/h5-6,8,17H,3,7,16H2,1H3. The van der Waals surface area contributed by atoms with E-state index in [1.807, 2.05) is 7.05 Å². The summed E-state index contributed by atoms with van der Waals surface area (Å²) >= 11 is 0. The Morgan fingerprint density at radius 3 is 2.67 bits per heavy atom. The van der Waals surface area contributed by atoms with Crippen molar-refractivity contribution in [3.63, 3.8) is 0 Å². The molecule has 0 aromatic heterocycles. The average molecular weight is 258 g/mol. The van der Waals surface area contributed by atoms with E-state index in [1.165, 1.54) is 12.1 Å². The van der Waals surface area contributed by atoms with E-state index in [0.717, 1.165) is 12.6 Å². The summed E-state index contributed by atoms with van der Waals surface area (Å²) in [5.74, 6) is 5.26. The van der Waals surface area contributed by atoms with Gasteiger partial charge in [0, 0.05) is 18.5 Å². The van der Waals surface area contributed by atoms with Crippen LogP contribution in [0.3, 0.4) is 0 Å². The van der Waals surface area contributed by atoms with Crippen molar-refractivity contribution in [1.29, 1.82) is 0 Å². The molecule has 0 atom stereocenters. The largest absolute Gasteiger partial charge is 0.573 e. The van der Waals surface area contributed by atoms with Gasteiger partial charge in [-0.15, -0.1) is 13.2 Å².